The van der Waals surface area contributed by atoms with Crippen molar-refractivity contribution in [1.29, 1.82) is 0 Å². The van der Waals surface area contributed by atoms with Crippen molar-refractivity contribution in [3.63, 3.8) is 0 Å². The van der Waals surface area contributed by atoms with Gasteiger partial charge in [-0.25, -0.2) is 0 Å². The number of hydrogen-bond acceptors (Lipinski definition) is 4. The molecule has 2 rings (SSSR count). The van der Waals surface area contributed by atoms with Crippen molar-refractivity contribution in [2.75, 3.05) is 0 Å². The van der Waals surface area contributed by atoms with Gasteiger partial charge in [-0.15, -0.1) is 0 Å². The fraction of sp³-hybridized carbons (Fsp3) is 0.800. The van der Waals surface area contributed by atoms with E-state index in [-0.39, 0.29) is 17.6 Å². The molecule has 1 aliphatic carbocycles. The highest BCUT2D eigenvalue weighted by Gasteiger charge is 2.56. The van der Waals surface area contributed by atoms with Crippen molar-refractivity contribution in [2.45, 2.75) is 59.0 Å². The standard InChI is InChI=1S/C15H24O4/c1-8(2)5-10-13(18)9(3)6-11(16)14-15(10,4)7-12(17)19-14/h5,9-12,14,16-17H,6-7H2,1-4H3/t9-,10-,11+,12+,14+,15-/m1/s1. The number of fused-ring (bicyclic) bond motifs is 1. The molecule has 1 heterocycles. The van der Waals surface area contributed by atoms with Gasteiger partial charge >= 0.3 is 0 Å². The highest BCUT2D eigenvalue weighted by Crippen LogP contribution is 2.50. The van der Waals surface area contributed by atoms with Crippen LogP contribution in [-0.2, 0) is 9.53 Å². The van der Waals surface area contributed by atoms with Crippen molar-refractivity contribution in [3.8, 4) is 0 Å². The van der Waals surface area contributed by atoms with Crippen LogP contribution in [0.25, 0.3) is 0 Å². The summed E-state index contributed by atoms with van der Waals surface area (Å²) in [6.45, 7) is 7.73. The molecule has 4 heteroatoms. The minimum atomic E-state index is -0.890. The summed E-state index contributed by atoms with van der Waals surface area (Å²) in [7, 11) is 0. The number of carbonyl (C=O) groups excluding carboxylic acids is 1. The number of ketones is 1. The van der Waals surface area contributed by atoms with Crippen LogP contribution >= 0.6 is 0 Å². The van der Waals surface area contributed by atoms with Crippen LogP contribution in [0, 0.1) is 17.3 Å². The van der Waals surface area contributed by atoms with Crippen molar-refractivity contribution < 1.29 is 19.7 Å². The average Bonchev–Trinajstić information content (AvgIpc) is 2.58. The fourth-order valence-corrected chi connectivity index (χ4v) is 3.54. The van der Waals surface area contributed by atoms with Gasteiger partial charge in [0.25, 0.3) is 0 Å². The summed E-state index contributed by atoms with van der Waals surface area (Å²) in [6, 6.07) is 0. The number of Topliss-reactive ketones (excluding diaryl/α,β-unsaturated/α-hetero) is 1. The average molecular weight is 268 g/mol. The first-order chi connectivity index (χ1) is 8.75. The Balaban J connectivity index is 2.46. The summed E-state index contributed by atoms with van der Waals surface area (Å²) >= 11 is 0. The van der Waals surface area contributed by atoms with E-state index in [1.165, 1.54) is 0 Å². The lowest BCUT2D eigenvalue weighted by atomic mass is 9.69. The maximum absolute atomic E-state index is 12.6. The Morgan fingerprint density at radius 3 is 2.63 bits per heavy atom. The zero-order valence-electron chi connectivity index (χ0n) is 12.1. The molecule has 0 amide bonds. The molecule has 0 bridgehead atoms. The molecule has 0 aromatic heterocycles. The molecular weight excluding hydrogens is 244 g/mol. The molecule has 1 saturated heterocycles. The zero-order chi connectivity index (χ0) is 14.4. The number of aliphatic hydroxyl groups is 2. The molecule has 19 heavy (non-hydrogen) atoms. The third kappa shape index (κ3) is 2.49. The first-order valence-electron chi connectivity index (χ1n) is 6.96. The number of ether oxygens (including phenoxy) is 1. The van der Waals surface area contributed by atoms with Gasteiger partial charge in [0.2, 0.25) is 0 Å². The molecule has 0 aromatic rings. The Morgan fingerprint density at radius 1 is 1.42 bits per heavy atom. The van der Waals surface area contributed by atoms with Gasteiger partial charge in [-0.05, 0) is 20.3 Å². The van der Waals surface area contributed by atoms with Crippen molar-refractivity contribution in [3.05, 3.63) is 11.6 Å². The Morgan fingerprint density at radius 2 is 2.05 bits per heavy atom. The molecule has 0 spiro atoms. The van der Waals surface area contributed by atoms with Gasteiger partial charge in [0.05, 0.1) is 12.2 Å². The molecule has 0 unspecified atom stereocenters. The maximum atomic E-state index is 12.6. The Labute approximate surface area is 114 Å². The first kappa shape index (κ1) is 14.7. The minimum absolute atomic E-state index is 0.142. The van der Waals surface area contributed by atoms with E-state index < -0.39 is 23.9 Å². The van der Waals surface area contributed by atoms with Crippen LogP contribution in [0.1, 0.15) is 40.5 Å². The summed E-state index contributed by atoms with van der Waals surface area (Å²) in [4.78, 5) is 12.6. The third-order valence-corrected chi connectivity index (χ3v) is 4.52. The molecule has 108 valence electrons. The molecule has 0 aromatic carbocycles. The number of carbonyl (C=O) groups is 1. The van der Waals surface area contributed by atoms with Crippen LogP contribution in [0.5, 0.6) is 0 Å². The Bertz CT molecular complexity index is 399. The van der Waals surface area contributed by atoms with Gasteiger partial charge in [-0.1, -0.05) is 25.5 Å². The number of hydrogen-bond donors (Lipinski definition) is 2. The first-order valence-corrected chi connectivity index (χ1v) is 6.96. The summed E-state index contributed by atoms with van der Waals surface area (Å²) < 4.78 is 5.49. The topological polar surface area (TPSA) is 66.8 Å². The zero-order valence-corrected chi connectivity index (χ0v) is 12.1. The van der Waals surface area contributed by atoms with Gasteiger partial charge in [0, 0.05) is 23.7 Å². The van der Waals surface area contributed by atoms with Gasteiger partial charge in [-0.2, -0.15) is 0 Å². The lowest BCUT2D eigenvalue weighted by Crippen LogP contribution is -2.42. The molecule has 2 N–H and O–H groups in total. The summed E-state index contributed by atoms with van der Waals surface area (Å²) in [5.74, 6) is -0.339. The lowest BCUT2D eigenvalue weighted by molar-refractivity contribution is -0.133. The molecule has 1 saturated carbocycles. The van der Waals surface area contributed by atoms with Gasteiger partial charge in [0.1, 0.15) is 5.78 Å². The molecule has 2 fully saturated rings. The molecule has 4 nitrogen and oxygen atoms in total. The third-order valence-electron chi connectivity index (χ3n) is 4.52. The second kappa shape index (κ2) is 5.00. The number of allylic oxidation sites excluding steroid dienone is 2. The Kier molecular flexibility index (Phi) is 3.87. The van der Waals surface area contributed by atoms with Crippen LogP contribution in [-0.4, -0.2) is 34.5 Å². The van der Waals surface area contributed by atoms with E-state index >= 15 is 0 Å². The van der Waals surface area contributed by atoms with Crippen LogP contribution < -0.4 is 0 Å². The predicted molar refractivity (Wildman–Crippen MR) is 71.3 cm³/mol. The quantitative estimate of drug-likeness (QED) is 0.710. The molecule has 0 radical (unpaired) electrons. The molecule has 6 atom stereocenters. The summed E-state index contributed by atoms with van der Waals surface area (Å²) in [5.41, 5.74) is 0.543. The van der Waals surface area contributed by atoms with Crippen LogP contribution in [0.3, 0.4) is 0 Å². The molecule has 1 aliphatic heterocycles. The SMILES string of the molecule is CC(C)=C[C@@H]1C(=O)[C@H](C)C[C@H](O)[C@@H]2O[C@H](O)C[C@]12C. The van der Waals surface area contributed by atoms with Gasteiger partial charge in [-0.3, -0.25) is 4.79 Å². The van der Waals surface area contributed by atoms with Crippen LogP contribution in [0.4, 0.5) is 0 Å². The van der Waals surface area contributed by atoms with E-state index in [1.807, 2.05) is 33.8 Å². The van der Waals surface area contributed by atoms with E-state index in [4.69, 9.17) is 4.74 Å². The normalized spacial score (nSPS) is 46.6. The smallest absolute Gasteiger partial charge is 0.155 e. The van der Waals surface area contributed by atoms with Crippen LogP contribution in [0.15, 0.2) is 11.6 Å². The lowest BCUT2D eigenvalue weighted by Gasteiger charge is -2.35. The predicted octanol–water partition coefficient (Wildman–Crippen LogP) is 1.65. The second-order valence-electron chi connectivity index (χ2n) is 6.55. The van der Waals surface area contributed by atoms with E-state index in [9.17, 15) is 15.0 Å². The van der Waals surface area contributed by atoms with Crippen molar-refractivity contribution in [2.24, 2.45) is 17.3 Å². The Hall–Kier alpha value is -0.710. The largest absolute Gasteiger partial charge is 0.390 e. The highest BCUT2D eigenvalue weighted by atomic mass is 16.6. The molecular formula is C15H24O4. The maximum Gasteiger partial charge on any atom is 0.155 e. The van der Waals surface area contributed by atoms with E-state index in [2.05, 4.69) is 0 Å². The minimum Gasteiger partial charge on any atom is -0.390 e. The fourth-order valence-electron chi connectivity index (χ4n) is 3.54. The van der Waals surface area contributed by atoms with E-state index in [0.29, 0.717) is 12.8 Å². The van der Waals surface area contributed by atoms with Crippen LogP contribution in [0.2, 0.25) is 0 Å². The summed E-state index contributed by atoms with van der Waals surface area (Å²) in [5, 5.41) is 20.0. The van der Waals surface area contributed by atoms with Crippen molar-refractivity contribution >= 4 is 5.78 Å². The van der Waals surface area contributed by atoms with Crippen molar-refractivity contribution in [1.82, 2.24) is 0 Å². The van der Waals surface area contributed by atoms with E-state index in [1.54, 1.807) is 0 Å². The highest BCUT2D eigenvalue weighted by molar-refractivity contribution is 5.86. The van der Waals surface area contributed by atoms with E-state index in [0.717, 1.165) is 5.57 Å². The van der Waals surface area contributed by atoms with Gasteiger partial charge < -0.3 is 14.9 Å². The molecule has 2 aliphatic rings. The number of rotatable bonds is 1. The summed E-state index contributed by atoms with van der Waals surface area (Å²) in [6.07, 6.45) is 0.693. The van der Waals surface area contributed by atoms with Gasteiger partial charge in [0.15, 0.2) is 6.29 Å². The number of aliphatic hydroxyl groups excluding tert-OH is 2. The monoisotopic (exact) mass is 268 g/mol. The second-order valence-corrected chi connectivity index (χ2v) is 6.55.